The van der Waals surface area contributed by atoms with Gasteiger partial charge in [0.2, 0.25) is 5.91 Å². The number of nitrogens with one attached hydrogen (secondary N) is 1. The van der Waals surface area contributed by atoms with Crippen LogP contribution >= 0.6 is 0 Å². The van der Waals surface area contributed by atoms with Crippen molar-refractivity contribution in [2.45, 2.75) is 18.9 Å². The number of nitrogens with zero attached hydrogens (tertiary/aromatic N) is 1. The number of hydrogen-bond donors (Lipinski definition) is 2. The van der Waals surface area contributed by atoms with Gasteiger partial charge in [-0.15, -0.1) is 0 Å². The molecule has 1 saturated heterocycles. The third-order valence-corrected chi connectivity index (χ3v) is 3.22. The van der Waals surface area contributed by atoms with Crippen molar-refractivity contribution >= 4 is 11.6 Å². The summed E-state index contributed by atoms with van der Waals surface area (Å²) in [4.78, 5) is 13.9. The largest absolute Gasteiger partial charge is 0.497 e. The molecule has 1 heterocycles. The second kappa shape index (κ2) is 6.54. The van der Waals surface area contributed by atoms with Gasteiger partial charge in [-0.1, -0.05) is 0 Å². The zero-order chi connectivity index (χ0) is 13.7. The number of piperidine rings is 1. The van der Waals surface area contributed by atoms with E-state index in [2.05, 4.69) is 5.32 Å². The second-order valence-corrected chi connectivity index (χ2v) is 4.81. The van der Waals surface area contributed by atoms with Gasteiger partial charge < -0.3 is 15.2 Å². The normalized spacial score (nSPS) is 20.0. The van der Waals surface area contributed by atoms with E-state index in [0.29, 0.717) is 13.1 Å². The quantitative estimate of drug-likeness (QED) is 0.854. The van der Waals surface area contributed by atoms with E-state index >= 15 is 0 Å². The number of methoxy groups -OCH3 is 1. The highest BCUT2D eigenvalue weighted by atomic mass is 16.5. The number of aliphatic hydroxyl groups is 1. The summed E-state index contributed by atoms with van der Waals surface area (Å²) in [6.07, 6.45) is 1.47. The number of hydrogen-bond acceptors (Lipinski definition) is 4. The van der Waals surface area contributed by atoms with Crippen LogP contribution in [0.4, 0.5) is 5.69 Å². The lowest BCUT2D eigenvalue weighted by atomic mass is 10.1. The summed E-state index contributed by atoms with van der Waals surface area (Å²) >= 11 is 0. The molecule has 1 fully saturated rings. The highest BCUT2D eigenvalue weighted by Gasteiger charge is 2.19. The molecule has 2 rings (SSSR count). The van der Waals surface area contributed by atoms with Crippen molar-refractivity contribution in [1.82, 2.24) is 4.90 Å². The van der Waals surface area contributed by atoms with E-state index in [4.69, 9.17) is 4.74 Å². The molecule has 0 spiro atoms. The maximum atomic E-state index is 11.9. The van der Waals surface area contributed by atoms with Gasteiger partial charge in [0, 0.05) is 12.2 Å². The monoisotopic (exact) mass is 264 g/mol. The van der Waals surface area contributed by atoms with E-state index in [1.807, 2.05) is 17.0 Å². The van der Waals surface area contributed by atoms with Crippen molar-refractivity contribution < 1.29 is 14.6 Å². The first-order chi connectivity index (χ1) is 9.17. The predicted octanol–water partition coefficient (Wildman–Crippen LogP) is 1.09. The van der Waals surface area contributed by atoms with E-state index in [9.17, 15) is 9.90 Å². The van der Waals surface area contributed by atoms with Crippen LogP contribution in [0.25, 0.3) is 0 Å². The third kappa shape index (κ3) is 4.22. The van der Waals surface area contributed by atoms with Crippen LogP contribution in [0.5, 0.6) is 5.75 Å². The lowest BCUT2D eigenvalue weighted by Gasteiger charge is -2.29. The molecule has 1 atom stereocenters. The van der Waals surface area contributed by atoms with Crippen molar-refractivity contribution in [1.29, 1.82) is 0 Å². The Morgan fingerprint density at radius 2 is 2.21 bits per heavy atom. The van der Waals surface area contributed by atoms with E-state index in [0.717, 1.165) is 30.8 Å². The second-order valence-electron chi connectivity index (χ2n) is 4.81. The van der Waals surface area contributed by atoms with Gasteiger partial charge in [0.1, 0.15) is 5.75 Å². The first-order valence-electron chi connectivity index (χ1n) is 6.51. The maximum absolute atomic E-state index is 11.9. The van der Waals surface area contributed by atoms with Gasteiger partial charge in [0.05, 0.1) is 19.8 Å². The molecule has 1 aromatic carbocycles. The van der Waals surface area contributed by atoms with Crippen LogP contribution in [0.15, 0.2) is 24.3 Å². The van der Waals surface area contributed by atoms with Crippen molar-refractivity contribution in [3.63, 3.8) is 0 Å². The molecule has 5 nitrogen and oxygen atoms in total. The minimum atomic E-state index is -0.303. The summed E-state index contributed by atoms with van der Waals surface area (Å²) in [5.41, 5.74) is 0.753. The van der Waals surface area contributed by atoms with Crippen molar-refractivity contribution in [3.05, 3.63) is 24.3 Å². The number of rotatable bonds is 4. The van der Waals surface area contributed by atoms with Gasteiger partial charge in [0.25, 0.3) is 0 Å². The molecule has 0 saturated carbocycles. The molecule has 2 N–H and O–H groups in total. The standard InChI is InChI=1S/C14H20N2O3/c1-19-13-6-4-11(5-7-13)15-14(18)10-16-8-2-3-12(17)9-16/h4-7,12,17H,2-3,8-10H2,1H3,(H,15,18). The van der Waals surface area contributed by atoms with Gasteiger partial charge >= 0.3 is 0 Å². The Labute approximate surface area is 113 Å². The van der Waals surface area contributed by atoms with Gasteiger partial charge in [-0.25, -0.2) is 0 Å². The molecule has 0 aliphatic carbocycles. The fraction of sp³-hybridized carbons (Fsp3) is 0.500. The van der Waals surface area contributed by atoms with Crippen LogP contribution < -0.4 is 10.1 Å². The highest BCUT2D eigenvalue weighted by molar-refractivity contribution is 5.92. The van der Waals surface area contributed by atoms with Crippen LogP contribution in [-0.2, 0) is 4.79 Å². The molecule has 1 amide bonds. The van der Waals surface area contributed by atoms with E-state index in [1.165, 1.54) is 0 Å². The first-order valence-corrected chi connectivity index (χ1v) is 6.51. The SMILES string of the molecule is COc1ccc(NC(=O)CN2CCCC(O)C2)cc1. The number of ether oxygens (including phenoxy) is 1. The van der Waals surface area contributed by atoms with E-state index in [-0.39, 0.29) is 12.0 Å². The molecular weight excluding hydrogens is 244 g/mol. The van der Waals surface area contributed by atoms with Crippen LogP contribution in [0.2, 0.25) is 0 Å². The molecule has 1 unspecified atom stereocenters. The predicted molar refractivity (Wildman–Crippen MR) is 73.3 cm³/mol. The third-order valence-electron chi connectivity index (χ3n) is 3.22. The molecule has 0 radical (unpaired) electrons. The Kier molecular flexibility index (Phi) is 4.76. The zero-order valence-electron chi connectivity index (χ0n) is 11.1. The molecule has 0 aromatic heterocycles. The van der Waals surface area contributed by atoms with Crippen molar-refractivity contribution in [2.75, 3.05) is 32.1 Å². The van der Waals surface area contributed by atoms with Gasteiger partial charge in [-0.05, 0) is 43.7 Å². The Hall–Kier alpha value is -1.59. The Morgan fingerprint density at radius 3 is 2.84 bits per heavy atom. The number of carbonyl (C=O) groups excluding carboxylic acids is 1. The van der Waals surface area contributed by atoms with Gasteiger partial charge in [-0.3, -0.25) is 9.69 Å². The van der Waals surface area contributed by atoms with Crippen LogP contribution in [0.1, 0.15) is 12.8 Å². The number of amides is 1. The Balaban J connectivity index is 1.83. The minimum absolute atomic E-state index is 0.0562. The summed E-state index contributed by atoms with van der Waals surface area (Å²) in [7, 11) is 1.61. The number of likely N-dealkylation sites (tertiary alicyclic amines) is 1. The van der Waals surface area contributed by atoms with Crippen LogP contribution in [0.3, 0.4) is 0 Å². The lowest BCUT2D eigenvalue weighted by molar-refractivity contribution is -0.118. The average Bonchev–Trinajstić information content (AvgIpc) is 2.39. The van der Waals surface area contributed by atoms with Gasteiger partial charge in [0.15, 0.2) is 0 Å². The number of aliphatic hydroxyl groups excluding tert-OH is 1. The lowest BCUT2D eigenvalue weighted by Crippen LogP contribution is -2.42. The molecule has 1 aliphatic heterocycles. The zero-order valence-corrected chi connectivity index (χ0v) is 11.1. The molecular formula is C14H20N2O3. The summed E-state index contributed by atoms with van der Waals surface area (Å²) < 4.78 is 5.06. The minimum Gasteiger partial charge on any atom is -0.497 e. The Bertz CT molecular complexity index is 419. The van der Waals surface area contributed by atoms with Crippen molar-refractivity contribution in [2.24, 2.45) is 0 Å². The summed E-state index contributed by atoms with van der Waals surface area (Å²) in [5, 5.41) is 12.4. The Morgan fingerprint density at radius 1 is 1.47 bits per heavy atom. The summed E-state index contributed by atoms with van der Waals surface area (Å²) in [5.74, 6) is 0.705. The summed E-state index contributed by atoms with van der Waals surface area (Å²) in [6, 6.07) is 7.23. The fourth-order valence-corrected chi connectivity index (χ4v) is 2.25. The van der Waals surface area contributed by atoms with E-state index < -0.39 is 0 Å². The smallest absolute Gasteiger partial charge is 0.238 e. The van der Waals surface area contributed by atoms with E-state index in [1.54, 1.807) is 19.2 Å². The molecule has 19 heavy (non-hydrogen) atoms. The number of carbonyl (C=O) groups is 1. The topological polar surface area (TPSA) is 61.8 Å². The molecule has 1 aliphatic rings. The number of β-amino-alcohol motifs (C(OH)–C–C–N with tert-alkyl or cyclic N) is 1. The highest BCUT2D eigenvalue weighted by Crippen LogP contribution is 2.15. The summed E-state index contributed by atoms with van der Waals surface area (Å²) in [6.45, 7) is 1.77. The molecule has 5 heteroatoms. The number of anilines is 1. The molecule has 104 valence electrons. The fourth-order valence-electron chi connectivity index (χ4n) is 2.25. The van der Waals surface area contributed by atoms with Crippen molar-refractivity contribution in [3.8, 4) is 5.75 Å². The number of benzene rings is 1. The van der Waals surface area contributed by atoms with Crippen LogP contribution in [-0.4, -0.2) is 48.8 Å². The van der Waals surface area contributed by atoms with Crippen LogP contribution in [0, 0.1) is 0 Å². The molecule has 0 bridgehead atoms. The van der Waals surface area contributed by atoms with Gasteiger partial charge in [-0.2, -0.15) is 0 Å². The first kappa shape index (κ1) is 13.8. The maximum Gasteiger partial charge on any atom is 0.238 e. The molecule has 1 aromatic rings. The average molecular weight is 264 g/mol.